The molecule has 0 bridgehead atoms. The summed E-state index contributed by atoms with van der Waals surface area (Å²) < 4.78 is 19.0. The second-order valence-corrected chi connectivity index (χ2v) is 18.9. The molecule has 0 aliphatic rings. The van der Waals surface area contributed by atoms with E-state index in [0.717, 1.165) is 113 Å². The van der Waals surface area contributed by atoms with Gasteiger partial charge in [-0.25, -0.2) is 0 Å². The molecule has 0 aliphatic heterocycles. The first-order valence-corrected chi connectivity index (χ1v) is 25.0. The van der Waals surface area contributed by atoms with Crippen molar-refractivity contribution in [1.29, 1.82) is 0 Å². The maximum absolute atomic E-state index is 7.08. The molecular formula is C66H46N4O2. The zero-order valence-corrected chi connectivity index (χ0v) is 39.8. The third-order valence-electron chi connectivity index (χ3n) is 15.2. The standard InChI is InChI=1S/C66H46N4O2/c1-3-67-55-29-17-15-25-47(55)51-35-43(31-33-57(51)67)69(41-19-7-5-8-20-41)59-39-63-65(49-27-13-11-23-45(49)59)53-37-62-54(38-61(53)71-63)66-50-28-14-12-24-46(50)60(40-64(66)72-62)70(42-21-9-6-10-22-42)44-32-34-58-52(36-44)48-26-16-18-30-56(48)68(58)4-2/h5-40H,3-4H2,1-2H3. The molecule has 6 heteroatoms. The first-order valence-electron chi connectivity index (χ1n) is 25.0. The smallest absolute Gasteiger partial charge is 0.138 e. The number of fused-ring (bicyclic) bond motifs is 16. The van der Waals surface area contributed by atoms with E-state index in [2.05, 4.69) is 251 Å². The summed E-state index contributed by atoms with van der Waals surface area (Å²) in [4.78, 5) is 4.77. The molecule has 0 saturated heterocycles. The average molecular weight is 927 g/mol. The minimum Gasteiger partial charge on any atom is -0.456 e. The Labute approximate surface area is 414 Å². The Hall–Kier alpha value is -9.26. The molecule has 0 N–H and O–H groups in total. The predicted octanol–water partition coefficient (Wildman–Crippen LogP) is 19.0. The van der Waals surface area contributed by atoms with Crippen molar-refractivity contribution in [1.82, 2.24) is 9.13 Å². The highest BCUT2D eigenvalue weighted by molar-refractivity contribution is 6.28. The van der Waals surface area contributed by atoms with E-state index >= 15 is 0 Å². The summed E-state index contributed by atoms with van der Waals surface area (Å²) in [5, 5.41) is 13.7. The van der Waals surface area contributed by atoms with Gasteiger partial charge in [0.2, 0.25) is 0 Å². The highest BCUT2D eigenvalue weighted by atomic mass is 16.3. The minimum atomic E-state index is 0.821. The van der Waals surface area contributed by atoms with Gasteiger partial charge in [-0.3, -0.25) is 0 Å². The van der Waals surface area contributed by atoms with Gasteiger partial charge in [0, 0.05) is 124 Å². The molecule has 0 radical (unpaired) electrons. The summed E-state index contributed by atoms with van der Waals surface area (Å²) in [5.74, 6) is 0. The molecule has 72 heavy (non-hydrogen) atoms. The number of para-hydroxylation sites is 4. The molecule has 0 aliphatic carbocycles. The normalized spacial score (nSPS) is 12.1. The van der Waals surface area contributed by atoms with E-state index in [1.54, 1.807) is 0 Å². The Bertz CT molecular complexity index is 4370. The number of aromatic nitrogens is 2. The number of hydrogen-bond donors (Lipinski definition) is 0. The zero-order valence-electron chi connectivity index (χ0n) is 39.8. The van der Waals surface area contributed by atoms with Crippen LogP contribution in [0.3, 0.4) is 0 Å². The SMILES string of the molecule is CCn1c2ccccc2c2cc(N(c3ccccc3)c3cc4oc5cc6c(cc5c4c4ccccc34)oc3cc(N(c4ccccc4)c4ccc5c(c4)c4ccccc4n5CC)c4ccccc4c36)ccc21. The fourth-order valence-electron chi connectivity index (χ4n) is 12.2. The lowest BCUT2D eigenvalue weighted by Crippen LogP contribution is -2.10. The molecule has 15 rings (SSSR count). The summed E-state index contributed by atoms with van der Waals surface area (Å²) >= 11 is 0. The maximum Gasteiger partial charge on any atom is 0.138 e. The van der Waals surface area contributed by atoms with E-state index < -0.39 is 0 Å². The number of anilines is 6. The van der Waals surface area contributed by atoms with Crippen LogP contribution in [0.5, 0.6) is 0 Å². The van der Waals surface area contributed by atoms with Gasteiger partial charge in [0.05, 0.1) is 11.4 Å². The molecule has 0 saturated carbocycles. The van der Waals surface area contributed by atoms with Gasteiger partial charge >= 0.3 is 0 Å². The first-order chi connectivity index (χ1) is 35.6. The molecule has 4 heterocycles. The Morgan fingerprint density at radius 3 is 1.07 bits per heavy atom. The van der Waals surface area contributed by atoms with Crippen molar-refractivity contribution in [2.24, 2.45) is 0 Å². The average Bonchev–Trinajstić information content (AvgIpc) is 4.17. The highest BCUT2D eigenvalue weighted by Gasteiger charge is 2.25. The van der Waals surface area contributed by atoms with E-state index in [0.29, 0.717) is 0 Å². The van der Waals surface area contributed by atoms with Gasteiger partial charge in [0.25, 0.3) is 0 Å². The van der Waals surface area contributed by atoms with E-state index in [-0.39, 0.29) is 0 Å². The van der Waals surface area contributed by atoms with Crippen molar-refractivity contribution >= 4 is 143 Å². The molecule has 0 spiro atoms. The van der Waals surface area contributed by atoms with Crippen molar-refractivity contribution in [3.05, 3.63) is 218 Å². The van der Waals surface area contributed by atoms with Crippen LogP contribution < -0.4 is 9.80 Å². The molecule has 15 aromatic rings. The molecule has 11 aromatic carbocycles. The van der Waals surface area contributed by atoms with Gasteiger partial charge in [-0.15, -0.1) is 0 Å². The summed E-state index contributed by atoms with van der Waals surface area (Å²) in [6, 6.07) is 79.0. The monoisotopic (exact) mass is 926 g/mol. The van der Waals surface area contributed by atoms with Crippen LogP contribution in [0.15, 0.2) is 227 Å². The number of furan rings is 2. The lowest BCUT2D eigenvalue weighted by Gasteiger charge is -2.27. The molecule has 0 amide bonds. The van der Waals surface area contributed by atoms with Gasteiger partial charge in [-0.1, -0.05) is 121 Å². The van der Waals surface area contributed by atoms with Crippen molar-refractivity contribution < 1.29 is 8.83 Å². The van der Waals surface area contributed by atoms with E-state index in [1.807, 2.05) is 0 Å². The van der Waals surface area contributed by atoms with E-state index in [9.17, 15) is 0 Å². The quantitative estimate of drug-likeness (QED) is 0.152. The van der Waals surface area contributed by atoms with Crippen LogP contribution in [0.1, 0.15) is 13.8 Å². The Morgan fingerprint density at radius 2 is 0.653 bits per heavy atom. The predicted molar refractivity (Wildman–Crippen MR) is 303 cm³/mol. The third kappa shape index (κ3) is 5.84. The van der Waals surface area contributed by atoms with Gasteiger partial charge in [0.1, 0.15) is 22.3 Å². The second-order valence-electron chi connectivity index (χ2n) is 18.9. The molecule has 6 nitrogen and oxygen atoms in total. The van der Waals surface area contributed by atoms with Crippen LogP contribution in [0, 0.1) is 0 Å². The van der Waals surface area contributed by atoms with Crippen LogP contribution in [0.4, 0.5) is 34.1 Å². The molecule has 342 valence electrons. The number of benzene rings is 11. The van der Waals surface area contributed by atoms with Crippen molar-refractivity contribution in [3.8, 4) is 0 Å². The minimum absolute atomic E-state index is 0.821. The van der Waals surface area contributed by atoms with Gasteiger partial charge in [-0.2, -0.15) is 0 Å². The highest BCUT2D eigenvalue weighted by Crippen LogP contribution is 2.49. The van der Waals surface area contributed by atoms with E-state index in [1.165, 1.54) is 43.6 Å². The maximum atomic E-state index is 7.08. The number of nitrogens with zero attached hydrogens (tertiary/aromatic N) is 4. The summed E-state index contributed by atoms with van der Waals surface area (Å²) in [7, 11) is 0. The van der Waals surface area contributed by atoms with Crippen molar-refractivity contribution in [2.75, 3.05) is 9.80 Å². The fourth-order valence-corrected chi connectivity index (χ4v) is 12.2. The summed E-state index contributed by atoms with van der Waals surface area (Å²) in [6.45, 7) is 6.23. The van der Waals surface area contributed by atoms with Crippen molar-refractivity contribution in [3.63, 3.8) is 0 Å². The van der Waals surface area contributed by atoms with Crippen LogP contribution in [-0.2, 0) is 13.1 Å². The molecular weight excluding hydrogens is 881 g/mol. The topological polar surface area (TPSA) is 42.6 Å². The van der Waals surface area contributed by atoms with Gasteiger partial charge < -0.3 is 27.8 Å². The molecule has 4 aromatic heterocycles. The van der Waals surface area contributed by atoms with Crippen molar-refractivity contribution in [2.45, 2.75) is 26.9 Å². The largest absolute Gasteiger partial charge is 0.456 e. The summed E-state index contributed by atoms with van der Waals surface area (Å²) in [5.41, 5.74) is 14.7. The summed E-state index contributed by atoms with van der Waals surface area (Å²) in [6.07, 6.45) is 0. The Balaban J connectivity index is 0.935. The molecule has 0 unspecified atom stereocenters. The van der Waals surface area contributed by atoms with Crippen LogP contribution in [0.25, 0.3) is 109 Å². The first kappa shape index (κ1) is 40.6. The zero-order chi connectivity index (χ0) is 47.6. The number of aryl methyl sites for hydroxylation is 2. The van der Waals surface area contributed by atoms with Gasteiger partial charge in [-0.05, 0) is 110 Å². The van der Waals surface area contributed by atoms with Crippen LogP contribution in [-0.4, -0.2) is 9.13 Å². The van der Waals surface area contributed by atoms with Crippen LogP contribution >= 0.6 is 0 Å². The fraction of sp³-hybridized carbons (Fsp3) is 0.0606. The van der Waals surface area contributed by atoms with Crippen LogP contribution in [0.2, 0.25) is 0 Å². The lowest BCUT2D eigenvalue weighted by molar-refractivity contribution is 0.664. The second kappa shape index (κ2) is 15.6. The lowest BCUT2D eigenvalue weighted by atomic mass is 9.98. The van der Waals surface area contributed by atoms with E-state index in [4.69, 9.17) is 8.83 Å². The Kier molecular flexibility index (Phi) is 8.81. The van der Waals surface area contributed by atoms with Gasteiger partial charge in [0.15, 0.2) is 0 Å². The number of hydrogen-bond acceptors (Lipinski definition) is 4. The Morgan fingerprint density at radius 1 is 0.292 bits per heavy atom. The number of rotatable bonds is 8. The molecule has 0 fully saturated rings. The third-order valence-corrected chi connectivity index (χ3v) is 15.2. The molecule has 0 atom stereocenters.